The third-order valence-electron chi connectivity index (χ3n) is 2.52. The lowest BCUT2D eigenvalue weighted by atomic mass is 10.1. The minimum Gasteiger partial charge on any atom is -0.378 e. The highest BCUT2D eigenvalue weighted by atomic mass is 16.6. The van der Waals surface area contributed by atoms with Crippen LogP contribution in [0.25, 0.3) is 10.9 Å². The summed E-state index contributed by atoms with van der Waals surface area (Å²) in [4.78, 5) is 14.6. The minimum absolute atomic E-state index is 0.0364. The fourth-order valence-electron chi connectivity index (χ4n) is 1.71. The summed E-state index contributed by atoms with van der Waals surface area (Å²) in [5.41, 5.74) is 1.15. The second-order valence-corrected chi connectivity index (χ2v) is 3.67. The van der Waals surface area contributed by atoms with Crippen LogP contribution in [0.2, 0.25) is 0 Å². The molecule has 2 aromatic rings. The number of nitrogens with zero attached hydrogens (tertiary/aromatic N) is 2. The monoisotopic (exact) mass is 241 g/mol. The highest BCUT2D eigenvalue weighted by Gasteiger charge is 2.17. The predicted octanol–water partition coefficient (Wildman–Crippen LogP) is 2.58. The molecule has 1 aromatic carbocycles. The second-order valence-electron chi connectivity index (χ2n) is 3.67. The summed E-state index contributed by atoms with van der Waals surface area (Å²) in [5.74, 6) is 2.49. The van der Waals surface area contributed by atoms with Crippen LogP contribution in [0, 0.1) is 22.5 Å². The molecule has 5 nitrogen and oxygen atoms in total. The van der Waals surface area contributed by atoms with E-state index in [2.05, 4.69) is 16.2 Å². The Morgan fingerprint density at radius 3 is 2.94 bits per heavy atom. The van der Waals surface area contributed by atoms with E-state index in [9.17, 15) is 10.1 Å². The van der Waals surface area contributed by atoms with Crippen molar-refractivity contribution in [1.82, 2.24) is 4.98 Å². The number of hydrogen-bond acceptors (Lipinski definition) is 4. The number of fused-ring (bicyclic) bond motifs is 1. The number of hydrogen-bond donors (Lipinski definition) is 1. The van der Waals surface area contributed by atoms with E-state index in [0.717, 1.165) is 5.39 Å². The van der Waals surface area contributed by atoms with Gasteiger partial charge in [-0.15, -0.1) is 12.3 Å². The van der Waals surface area contributed by atoms with Crippen LogP contribution in [0.4, 0.5) is 11.4 Å². The van der Waals surface area contributed by atoms with Gasteiger partial charge in [-0.1, -0.05) is 18.2 Å². The largest absolute Gasteiger partial charge is 0.378 e. The Balaban J connectivity index is 2.52. The van der Waals surface area contributed by atoms with Crippen LogP contribution in [0.5, 0.6) is 0 Å². The van der Waals surface area contributed by atoms with E-state index in [-0.39, 0.29) is 5.69 Å². The van der Waals surface area contributed by atoms with Gasteiger partial charge in [-0.3, -0.25) is 10.1 Å². The van der Waals surface area contributed by atoms with Gasteiger partial charge in [0.15, 0.2) is 0 Å². The van der Waals surface area contributed by atoms with Gasteiger partial charge in [-0.2, -0.15) is 0 Å². The van der Waals surface area contributed by atoms with Gasteiger partial charge in [-0.25, -0.2) is 4.98 Å². The molecule has 0 aliphatic rings. The summed E-state index contributed by atoms with van der Waals surface area (Å²) >= 11 is 0. The summed E-state index contributed by atoms with van der Waals surface area (Å²) in [6.45, 7) is 0.491. The number of pyridine rings is 1. The highest BCUT2D eigenvalue weighted by molar-refractivity contribution is 5.95. The van der Waals surface area contributed by atoms with Crippen LogP contribution in [-0.4, -0.2) is 16.5 Å². The van der Waals surface area contributed by atoms with Gasteiger partial charge in [0.05, 0.1) is 10.4 Å². The number of terminal acetylenes is 1. The van der Waals surface area contributed by atoms with E-state index < -0.39 is 4.92 Å². The maximum absolute atomic E-state index is 11.0. The molecule has 18 heavy (non-hydrogen) atoms. The van der Waals surface area contributed by atoms with Gasteiger partial charge >= 0.3 is 5.69 Å². The number of para-hydroxylation sites is 1. The predicted molar refractivity (Wildman–Crippen MR) is 70.3 cm³/mol. The molecule has 0 saturated carbocycles. The highest BCUT2D eigenvalue weighted by Crippen LogP contribution is 2.31. The van der Waals surface area contributed by atoms with Crippen LogP contribution in [0.15, 0.2) is 30.5 Å². The van der Waals surface area contributed by atoms with Gasteiger partial charge in [0, 0.05) is 18.4 Å². The smallest absolute Gasteiger partial charge is 0.311 e. The Bertz CT molecular complexity index is 632. The number of benzene rings is 1. The quantitative estimate of drug-likeness (QED) is 0.386. The van der Waals surface area contributed by atoms with Crippen LogP contribution in [0.3, 0.4) is 0 Å². The molecule has 0 atom stereocenters. The second kappa shape index (κ2) is 5.15. The molecular weight excluding hydrogens is 230 g/mol. The Labute approximate surface area is 104 Å². The Morgan fingerprint density at radius 1 is 1.44 bits per heavy atom. The number of nitro groups is 1. The Hall–Kier alpha value is -2.61. The first-order valence-corrected chi connectivity index (χ1v) is 5.43. The summed E-state index contributed by atoms with van der Waals surface area (Å²) in [5, 5.41) is 14.7. The molecule has 0 amide bonds. The van der Waals surface area contributed by atoms with Crippen molar-refractivity contribution >= 4 is 22.3 Å². The van der Waals surface area contributed by atoms with Crippen LogP contribution in [-0.2, 0) is 0 Å². The zero-order chi connectivity index (χ0) is 13.0. The zero-order valence-electron chi connectivity index (χ0n) is 9.59. The van der Waals surface area contributed by atoms with Crippen molar-refractivity contribution in [2.75, 3.05) is 11.9 Å². The first-order valence-electron chi connectivity index (χ1n) is 5.43. The standard InChI is InChI=1S/C13H11N3O2/c1-2-3-8-14-13-10-6-4-5-7-11(10)15-9-12(13)16(17)18/h1,4-7,9H,3,8H2,(H,14,15). The first kappa shape index (κ1) is 11.9. The summed E-state index contributed by atoms with van der Waals surface area (Å²) in [7, 11) is 0. The average Bonchev–Trinajstić information content (AvgIpc) is 2.38. The first-order chi connectivity index (χ1) is 8.74. The van der Waals surface area contributed by atoms with Crippen molar-refractivity contribution in [3.8, 4) is 12.3 Å². The lowest BCUT2D eigenvalue weighted by Crippen LogP contribution is -2.05. The van der Waals surface area contributed by atoms with Crippen molar-refractivity contribution in [3.63, 3.8) is 0 Å². The van der Waals surface area contributed by atoms with Crippen molar-refractivity contribution in [3.05, 3.63) is 40.6 Å². The maximum atomic E-state index is 11.0. The lowest BCUT2D eigenvalue weighted by molar-refractivity contribution is -0.384. The van der Waals surface area contributed by atoms with Crippen LogP contribution < -0.4 is 5.32 Å². The normalized spacial score (nSPS) is 9.94. The fraction of sp³-hybridized carbons (Fsp3) is 0.154. The Morgan fingerprint density at radius 2 is 2.22 bits per heavy atom. The molecule has 0 aliphatic carbocycles. The molecule has 1 heterocycles. The van der Waals surface area contributed by atoms with Crippen LogP contribution in [0.1, 0.15) is 6.42 Å². The molecule has 0 fully saturated rings. The molecule has 0 spiro atoms. The number of rotatable bonds is 4. The molecule has 1 N–H and O–H groups in total. The van der Waals surface area contributed by atoms with Crippen LogP contribution >= 0.6 is 0 Å². The van der Waals surface area contributed by atoms with E-state index in [4.69, 9.17) is 6.42 Å². The maximum Gasteiger partial charge on any atom is 0.311 e. The number of nitrogens with one attached hydrogen (secondary N) is 1. The van der Waals surface area contributed by atoms with Gasteiger partial charge < -0.3 is 5.32 Å². The lowest BCUT2D eigenvalue weighted by Gasteiger charge is -2.08. The van der Waals surface area contributed by atoms with E-state index in [1.165, 1.54) is 6.20 Å². The topological polar surface area (TPSA) is 68.1 Å². The summed E-state index contributed by atoms with van der Waals surface area (Å²) in [6, 6.07) is 7.27. The molecule has 0 bridgehead atoms. The molecular formula is C13H11N3O2. The molecule has 1 aromatic heterocycles. The van der Waals surface area contributed by atoms with E-state index in [0.29, 0.717) is 24.2 Å². The zero-order valence-corrected chi connectivity index (χ0v) is 9.59. The average molecular weight is 241 g/mol. The van der Waals surface area contributed by atoms with Gasteiger partial charge in [0.25, 0.3) is 0 Å². The SMILES string of the molecule is C#CCCNc1c([N+](=O)[O-])cnc2ccccc12. The minimum atomic E-state index is -0.447. The molecule has 0 saturated heterocycles. The molecule has 5 heteroatoms. The van der Waals surface area contributed by atoms with Gasteiger partial charge in [0.1, 0.15) is 11.9 Å². The molecule has 0 radical (unpaired) electrons. The third-order valence-corrected chi connectivity index (χ3v) is 2.52. The van der Waals surface area contributed by atoms with E-state index in [1.54, 1.807) is 6.07 Å². The van der Waals surface area contributed by atoms with Crippen molar-refractivity contribution < 1.29 is 4.92 Å². The number of aromatic nitrogens is 1. The summed E-state index contributed by atoms with van der Waals surface area (Å²) < 4.78 is 0. The van der Waals surface area contributed by atoms with E-state index >= 15 is 0 Å². The summed E-state index contributed by atoms with van der Waals surface area (Å²) in [6.07, 6.45) is 6.94. The van der Waals surface area contributed by atoms with Gasteiger partial charge in [-0.05, 0) is 6.07 Å². The number of anilines is 1. The van der Waals surface area contributed by atoms with Crippen molar-refractivity contribution in [2.24, 2.45) is 0 Å². The van der Waals surface area contributed by atoms with Crippen molar-refractivity contribution in [2.45, 2.75) is 6.42 Å². The molecule has 0 unspecified atom stereocenters. The van der Waals surface area contributed by atoms with E-state index in [1.807, 2.05) is 18.2 Å². The molecule has 0 aliphatic heterocycles. The molecule has 90 valence electrons. The third kappa shape index (κ3) is 2.23. The molecule has 2 rings (SSSR count). The van der Waals surface area contributed by atoms with Gasteiger partial charge in [0.2, 0.25) is 0 Å². The fourth-order valence-corrected chi connectivity index (χ4v) is 1.71. The Kier molecular flexibility index (Phi) is 3.39. The van der Waals surface area contributed by atoms with Crippen molar-refractivity contribution in [1.29, 1.82) is 0 Å².